The average Bonchev–Trinajstić information content (AvgIpc) is 2.48. The molecule has 0 bridgehead atoms. The molecule has 2 aromatic rings. The summed E-state index contributed by atoms with van der Waals surface area (Å²) in [5, 5.41) is 3.24. The van der Waals surface area contributed by atoms with Crippen LogP contribution in [0.4, 0.5) is 5.82 Å². The van der Waals surface area contributed by atoms with Gasteiger partial charge in [0.05, 0.1) is 7.11 Å². The Bertz CT molecular complexity index is 530. The normalized spacial score (nSPS) is 10.3. The van der Waals surface area contributed by atoms with Crippen LogP contribution in [-0.2, 0) is 6.42 Å². The van der Waals surface area contributed by atoms with Gasteiger partial charge in [-0.05, 0) is 19.4 Å². The number of hydrogen-bond acceptors (Lipinski definition) is 5. The molecular weight excluding hydrogens is 252 g/mol. The molecule has 0 amide bonds. The topological polar surface area (TPSA) is 59.9 Å². The van der Waals surface area contributed by atoms with Gasteiger partial charge in [-0.15, -0.1) is 0 Å². The molecular formula is C15H20N4O. The summed E-state index contributed by atoms with van der Waals surface area (Å²) < 4.78 is 5.07. The van der Waals surface area contributed by atoms with E-state index >= 15 is 0 Å². The van der Waals surface area contributed by atoms with Crippen molar-refractivity contribution in [2.24, 2.45) is 0 Å². The molecule has 0 atom stereocenters. The predicted octanol–water partition coefficient (Wildman–Crippen LogP) is 2.93. The monoisotopic (exact) mass is 272 g/mol. The molecule has 0 aromatic carbocycles. The van der Waals surface area contributed by atoms with E-state index in [1.165, 1.54) is 0 Å². The van der Waals surface area contributed by atoms with E-state index in [4.69, 9.17) is 4.74 Å². The van der Waals surface area contributed by atoms with Gasteiger partial charge < -0.3 is 10.1 Å². The summed E-state index contributed by atoms with van der Waals surface area (Å²) in [6, 6.07) is 5.75. The molecule has 0 fully saturated rings. The Balaban J connectivity index is 2.37. The van der Waals surface area contributed by atoms with Crippen molar-refractivity contribution < 1.29 is 4.74 Å². The van der Waals surface area contributed by atoms with Crippen molar-refractivity contribution in [3.8, 4) is 17.3 Å². The van der Waals surface area contributed by atoms with Crippen molar-refractivity contribution in [3.63, 3.8) is 0 Å². The molecule has 1 N–H and O–H groups in total. The van der Waals surface area contributed by atoms with Crippen molar-refractivity contribution in [2.45, 2.75) is 26.7 Å². The molecule has 2 aromatic heterocycles. The van der Waals surface area contributed by atoms with Gasteiger partial charge in [0.1, 0.15) is 5.82 Å². The second kappa shape index (κ2) is 6.84. The molecule has 0 aliphatic rings. The van der Waals surface area contributed by atoms with E-state index in [0.29, 0.717) is 11.7 Å². The highest BCUT2D eigenvalue weighted by Gasteiger charge is 2.07. The molecule has 0 saturated carbocycles. The van der Waals surface area contributed by atoms with Gasteiger partial charge in [-0.3, -0.25) is 0 Å². The summed E-state index contributed by atoms with van der Waals surface area (Å²) in [6.07, 6.45) is 3.74. The van der Waals surface area contributed by atoms with E-state index in [9.17, 15) is 0 Å². The summed E-state index contributed by atoms with van der Waals surface area (Å²) in [6.45, 7) is 5.03. The van der Waals surface area contributed by atoms with Gasteiger partial charge in [0.2, 0.25) is 5.88 Å². The lowest BCUT2D eigenvalue weighted by molar-refractivity contribution is 0.398. The first kappa shape index (κ1) is 14.2. The minimum Gasteiger partial charge on any atom is -0.481 e. The van der Waals surface area contributed by atoms with Gasteiger partial charge in [0.15, 0.2) is 5.82 Å². The van der Waals surface area contributed by atoms with Crippen molar-refractivity contribution in [1.29, 1.82) is 0 Å². The zero-order valence-corrected chi connectivity index (χ0v) is 12.2. The number of nitrogens with one attached hydrogen (secondary N) is 1. The standard InChI is InChI=1S/C15H20N4O/c1-4-6-12-9-13(16-5-2)19-15(18-12)11-7-8-14(20-3)17-10-11/h7-10H,4-6H2,1-3H3,(H,16,18,19). The van der Waals surface area contributed by atoms with Crippen molar-refractivity contribution in [1.82, 2.24) is 15.0 Å². The lowest BCUT2D eigenvalue weighted by Crippen LogP contribution is -2.04. The molecule has 0 spiro atoms. The van der Waals surface area contributed by atoms with E-state index < -0.39 is 0 Å². The van der Waals surface area contributed by atoms with Crippen LogP contribution in [-0.4, -0.2) is 28.6 Å². The highest BCUT2D eigenvalue weighted by atomic mass is 16.5. The number of pyridine rings is 1. The lowest BCUT2D eigenvalue weighted by atomic mass is 10.2. The van der Waals surface area contributed by atoms with Gasteiger partial charge in [-0.2, -0.15) is 0 Å². The Hall–Kier alpha value is -2.17. The Morgan fingerprint density at radius 3 is 2.65 bits per heavy atom. The fraction of sp³-hybridized carbons (Fsp3) is 0.400. The number of aromatic nitrogens is 3. The molecule has 0 saturated heterocycles. The van der Waals surface area contributed by atoms with Crippen LogP contribution in [0.2, 0.25) is 0 Å². The minimum atomic E-state index is 0.588. The van der Waals surface area contributed by atoms with Gasteiger partial charge in [-0.1, -0.05) is 13.3 Å². The predicted molar refractivity (Wildman–Crippen MR) is 80.0 cm³/mol. The second-order valence-electron chi connectivity index (χ2n) is 4.44. The first-order chi connectivity index (χ1) is 9.76. The number of anilines is 1. The number of hydrogen-bond donors (Lipinski definition) is 1. The zero-order chi connectivity index (χ0) is 14.4. The fourth-order valence-corrected chi connectivity index (χ4v) is 1.92. The van der Waals surface area contributed by atoms with Gasteiger partial charge in [-0.25, -0.2) is 15.0 Å². The largest absolute Gasteiger partial charge is 0.481 e. The summed E-state index contributed by atoms with van der Waals surface area (Å²) >= 11 is 0. The molecule has 2 rings (SSSR count). The number of rotatable bonds is 6. The average molecular weight is 272 g/mol. The van der Waals surface area contributed by atoms with E-state index in [1.54, 1.807) is 13.3 Å². The van der Waals surface area contributed by atoms with Crippen LogP contribution >= 0.6 is 0 Å². The molecule has 106 valence electrons. The third-order valence-corrected chi connectivity index (χ3v) is 2.85. The zero-order valence-electron chi connectivity index (χ0n) is 12.2. The maximum atomic E-state index is 5.07. The number of nitrogens with zero attached hydrogens (tertiary/aromatic N) is 3. The second-order valence-corrected chi connectivity index (χ2v) is 4.44. The Labute approximate surface area is 119 Å². The number of methoxy groups -OCH3 is 1. The van der Waals surface area contributed by atoms with E-state index in [2.05, 4.69) is 34.1 Å². The molecule has 0 unspecified atom stereocenters. The summed E-state index contributed by atoms with van der Waals surface area (Å²) in [5.74, 6) is 2.14. The molecule has 5 nitrogen and oxygen atoms in total. The van der Waals surface area contributed by atoms with E-state index in [1.807, 2.05) is 18.2 Å². The molecule has 2 heterocycles. The van der Waals surface area contributed by atoms with Gasteiger partial charge in [0.25, 0.3) is 0 Å². The molecule has 20 heavy (non-hydrogen) atoms. The summed E-state index contributed by atoms with van der Waals surface area (Å²) in [5.41, 5.74) is 1.94. The van der Waals surface area contributed by atoms with Crippen molar-refractivity contribution in [2.75, 3.05) is 19.0 Å². The van der Waals surface area contributed by atoms with Crippen LogP contribution in [0, 0.1) is 0 Å². The SMILES string of the molecule is CCCc1cc(NCC)nc(-c2ccc(OC)nc2)n1. The van der Waals surface area contributed by atoms with Crippen LogP contribution < -0.4 is 10.1 Å². The summed E-state index contributed by atoms with van der Waals surface area (Å²) in [4.78, 5) is 13.3. The quantitative estimate of drug-likeness (QED) is 0.876. The van der Waals surface area contributed by atoms with Gasteiger partial charge >= 0.3 is 0 Å². The molecule has 0 aliphatic carbocycles. The lowest BCUT2D eigenvalue weighted by Gasteiger charge is -2.08. The smallest absolute Gasteiger partial charge is 0.212 e. The first-order valence-corrected chi connectivity index (χ1v) is 6.89. The summed E-state index contributed by atoms with van der Waals surface area (Å²) in [7, 11) is 1.60. The highest BCUT2D eigenvalue weighted by Crippen LogP contribution is 2.19. The third kappa shape index (κ3) is 3.44. The van der Waals surface area contributed by atoms with Crippen LogP contribution in [0.3, 0.4) is 0 Å². The molecule has 0 aliphatic heterocycles. The Morgan fingerprint density at radius 2 is 2.05 bits per heavy atom. The maximum absolute atomic E-state index is 5.07. The fourth-order valence-electron chi connectivity index (χ4n) is 1.92. The first-order valence-electron chi connectivity index (χ1n) is 6.89. The van der Waals surface area contributed by atoms with E-state index in [-0.39, 0.29) is 0 Å². The van der Waals surface area contributed by atoms with Crippen molar-refractivity contribution in [3.05, 3.63) is 30.1 Å². The van der Waals surface area contributed by atoms with E-state index in [0.717, 1.165) is 36.5 Å². The van der Waals surface area contributed by atoms with Crippen LogP contribution in [0.1, 0.15) is 26.0 Å². The molecule has 0 radical (unpaired) electrons. The highest BCUT2D eigenvalue weighted by molar-refractivity contribution is 5.57. The van der Waals surface area contributed by atoms with Gasteiger partial charge in [0, 0.05) is 36.1 Å². The Kier molecular flexibility index (Phi) is 4.87. The van der Waals surface area contributed by atoms with Crippen LogP contribution in [0.25, 0.3) is 11.4 Å². The minimum absolute atomic E-state index is 0.588. The van der Waals surface area contributed by atoms with Crippen LogP contribution in [0.15, 0.2) is 24.4 Å². The van der Waals surface area contributed by atoms with Crippen molar-refractivity contribution >= 4 is 5.82 Å². The molecule has 5 heteroatoms. The third-order valence-electron chi connectivity index (χ3n) is 2.85. The van der Waals surface area contributed by atoms with Crippen LogP contribution in [0.5, 0.6) is 5.88 Å². The number of ether oxygens (including phenoxy) is 1. The Morgan fingerprint density at radius 1 is 1.20 bits per heavy atom. The number of aryl methyl sites for hydroxylation is 1. The maximum Gasteiger partial charge on any atom is 0.212 e.